The van der Waals surface area contributed by atoms with Gasteiger partial charge in [-0.15, -0.1) is 0 Å². The fourth-order valence-corrected chi connectivity index (χ4v) is 1.54. The number of alkyl halides is 3. The molecule has 0 N–H and O–H groups in total. The molecule has 21 heavy (non-hydrogen) atoms. The summed E-state index contributed by atoms with van der Waals surface area (Å²) in [7, 11) is 0. The van der Waals surface area contributed by atoms with E-state index in [2.05, 4.69) is 9.97 Å². The Kier molecular flexibility index (Phi) is 4.01. The number of hydrogen-bond donors (Lipinski definition) is 0. The number of halogens is 3. The van der Waals surface area contributed by atoms with Gasteiger partial charge in [-0.05, 0) is 17.7 Å². The van der Waals surface area contributed by atoms with Crippen LogP contribution in [-0.2, 0) is 12.8 Å². The summed E-state index contributed by atoms with van der Waals surface area (Å²) in [4.78, 5) is 17.1. The molecular formula is C12H8F3N3O3. The lowest BCUT2D eigenvalue weighted by Gasteiger charge is -2.09. The van der Waals surface area contributed by atoms with E-state index in [0.29, 0.717) is 0 Å². The second kappa shape index (κ2) is 5.73. The van der Waals surface area contributed by atoms with Crippen molar-refractivity contribution < 1.29 is 22.8 Å². The van der Waals surface area contributed by atoms with Gasteiger partial charge >= 0.3 is 11.9 Å². The van der Waals surface area contributed by atoms with Crippen LogP contribution in [0.2, 0.25) is 0 Å². The van der Waals surface area contributed by atoms with Crippen LogP contribution in [0.5, 0.6) is 5.88 Å². The molecule has 0 aliphatic carbocycles. The molecule has 6 nitrogen and oxygen atoms in total. The number of benzene rings is 1. The fourth-order valence-electron chi connectivity index (χ4n) is 1.54. The molecule has 0 atom stereocenters. The van der Waals surface area contributed by atoms with Gasteiger partial charge in [-0.2, -0.15) is 18.2 Å². The van der Waals surface area contributed by atoms with Gasteiger partial charge in [0.1, 0.15) is 19.1 Å². The molecule has 0 spiro atoms. The number of ether oxygens (including phenoxy) is 1. The standard InChI is InChI=1S/C12H8F3N3O3/c13-12(14,15)9-3-1-2-8(4-9)6-21-11-10(18(19)20)5-16-7-17-11/h1-5,7H,6H2. The molecule has 0 aliphatic rings. The maximum atomic E-state index is 12.6. The van der Waals surface area contributed by atoms with Crippen molar-refractivity contribution in [1.82, 2.24) is 9.97 Å². The minimum Gasteiger partial charge on any atom is -0.468 e. The molecule has 2 aromatic rings. The Morgan fingerprint density at radius 2 is 2.10 bits per heavy atom. The van der Waals surface area contributed by atoms with Crippen LogP contribution in [0.3, 0.4) is 0 Å². The van der Waals surface area contributed by atoms with E-state index in [1.807, 2.05) is 0 Å². The van der Waals surface area contributed by atoms with E-state index in [1.54, 1.807) is 0 Å². The van der Waals surface area contributed by atoms with Gasteiger partial charge in [-0.3, -0.25) is 10.1 Å². The van der Waals surface area contributed by atoms with E-state index >= 15 is 0 Å². The van der Waals surface area contributed by atoms with Crippen molar-refractivity contribution in [2.75, 3.05) is 0 Å². The molecule has 0 fully saturated rings. The second-order valence-corrected chi connectivity index (χ2v) is 3.96. The van der Waals surface area contributed by atoms with Crippen molar-refractivity contribution in [3.8, 4) is 5.88 Å². The van der Waals surface area contributed by atoms with Gasteiger partial charge < -0.3 is 4.74 Å². The van der Waals surface area contributed by atoms with Crippen LogP contribution in [0.25, 0.3) is 0 Å². The van der Waals surface area contributed by atoms with Crippen molar-refractivity contribution in [1.29, 1.82) is 0 Å². The summed E-state index contributed by atoms with van der Waals surface area (Å²) in [5, 5.41) is 10.7. The molecule has 0 bridgehead atoms. The van der Waals surface area contributed by atoms with Crippen molar-refractivity contribution in [2.24, 2.45) is 0 Å². The lowest BCUT2D eigenvalue weighted by molar-refractivity contribution is -0.386. The van der Waals surface area contributed by atoms with Gasteiger partial charge in [0.2, 0.25) is 0 Å². The maximum absolute atomic E-state index is 12.6. The van der Waals surface area contributed by atoms with Crippen molar-refractivity contribution >= 4 is 5.69 Å². The summed E-state index contributed by atoms with van der Waals surface area (Å²) in [6.45, 7) is -0.276. The Balaban J connectivity index is 2.16. The third kappa shape index (κ3) is 3.65. The van der Waals surface area contributed by atoms with Crippen LogP contribution in [0.4, 0.5) is 18.9 Å². The average molecular weight is 299 g/mol. The van der Waals surface area contributed by atoms with Crippen molar-refractivity contribution in [3.63, 3.8) is 0 Å². The Labute approximate surface area is 116 Å². The van der Waals surface area contributed by atoms with Crippen LogP contribution in [0.15, 0.2) is 36.8 Å². The Morgan fingerprint density at radius 3 is 2.76 bits per heavy atom. The summed E-state index contributed by atoms with van der Waals surface area (Å²) in [5.74, 6) is -0.299. The van der Waals surface area contributed by atoms with Crippen LogP contribution in [-0.4, -0.2) is 14.9 Å². The molecule has 1 aromatic carbocycles. The predicted octanol–water partition coefficient (Wildman–Crippen LogP) is 2.98. The van der Waals surface area contributed by atoms with Gasteiger partial charge in [0.25, 0.3) is 5.88 Å². The van der Waals surface area contributed by atoms with Gasteiger partial charge in [-0.1, -0.05) is 12.1 Å². The van der Waals surface area contributed by atoms with Crippen LogP contribution >= 0.6 is 0 Å². The molecule has 1 heterocycles. The topological polar surface area (TPSA) is 78.2 Å². The monoisotopic (exact) mass is 299 g/mol. The summed E-state index contributed by atoms with van der Waals surface area (Å²) in [6.07, 6.45) is -2.46. The average Bonchev–Trinajstić information content (AvgIpc) is 2.45. The van der Waals surface area contributed by atoms with Gasteiger partial charge in [0, 0.05) is 0 Å². The summed E-state index contributed by atoms with van der Waals surface area (Å²) < 4.78 is 42.7. The highest BCUT2D eigenvalue weighted by Gasteiger charge is 2.30. The van der Waals surface area contributed by atoms with Gasteiger partial charge in [0.05, 0.1) is 10.5 Å². The third-order valence-electron chi connectivity index (χ3n) is 2.48. The first-order valence-electron chi connectivity index (χ1n) is 5.61. The molecule has 110 valence electrons. The van der Waals surface area contributed by atoms with Crippen molar-refractivity contribution in [2.45, 2.75) is 12.8 Å². The zero-order chi connectivity index (χ0) is 15.5. The van der Waals surface area contributed by atoms with E-state index in [9.17, 15) is 23.3 Å². The largest absolute Gasteiger partial charge is 0.468 e. The molecule has 0 amide bonds. The molecular weight excluding hydrogens is 291 g/mol. The quantitative estimate of drug-likeness (QED) is 0.640. The minimum atomic E-state index is -4.46. The predicted molar refractivity (Wildman–Crippen MR) is 64.5 cm³/mol. The summed E-state index contributed by atoms with van der Waals surface area (Å²) >= 11 is 0. The lowest BCUT2D eigenvalue weighted by Crippen LogP contribution is -2.06. The smallest absolute Gasteiger partial charge is 0.416 e. The zero-order valence-electron chi connectivity index (χ0n) is 10.4. The Hall–Kier alpha value is -2.71. The van der Waals surface area contributed by atoms with E-state index in [4.69, 9.17) is 4.74 Å². The number of rotatable bonds is 4. The van der Waals surface area contributed by atoms with E-state index in [-0.39, 0.29) is 18.1 Å². The second-order valence-electron chi connectivity index (χ2n) is 3.96. The van der Waals surface area contributed by atoms with Gasteiger partial charge in [0.15, 0.2) is 0 Å². The SMILES string of the molecule is O=[N+]([O-])c1cncnc1OCc1cccc(C(F)(F)F)c1. The lowest BCUT2D eigenvalue weighted by atomic mass is 10.1. The minimum absolute atomic E-state index is 0.220. The zero-order valence-corrected chi connectivity index (χ0v) is 10.4. The van der Waals surface area contributed by atoms with Crippen LogP contribution in [0, 0.1) is 10.1 Å². The Morgan fingerprint density at radius 1 is 1.33 bits per heavy atom. The highest BCUT2D eigenvalue weighted by atomic mass is 19.4. The first kappa shape index (κ1) is 14.7. The molecule has 0 aliphatic heterocycles. The van der Waals surface area contributed by atoms with Crippen LogP contribution < -0.4 is 4.74 Å². The first-order chi connectivity index (χ1) is 9.88. The molecule has 2 rings (SSSR count). The molecule has 0 saturated heterocycles. The molecule has 1 aromatic heterocycles. The molecule has 0 saturated carbocycles. The number of nitro groups is 1. The molecule has 0 radical (unpaired) electrons. The Bertz CT molecular complexity index is 661. The summed E-state index contributed by atoms with van der Waals surface area (Å²) in [6, 6.07) is 4.49. The van der Waals surface area contributed by atoms with Crippen LogP contribution in [0.1, 0.15) is 11.1 Å². The molecule has 9 heteroatoms. The first-order valence-corrected chi connectivity index (χ1v) is 5.61. The highest BCUT2D eigenvalue weighted by Crippen LogP contribution is 2.30. The number of aromatic nitrogens is 2. The summed E-state index contributed by atoms with van der Waals surface area (Å²) in [5.41, 5.74) is -1.05. The maximum Gasteiger partial charge on any atom is 0.416 e. The number of nitrogens with zero attached hydrogens (tertiary/aromatic N) is 3. The van der Waals surface area contributed by atoms with E-state index in [0.717, 1.165) is 24.7 Å². The fraction of sp³-hybridized carbons (Fsp3) is 0.167. The van der Waals surface area contributed by atoms with Gasteiger partial charge in [-0.25, -0.2) is 4.98 Å². The highest BCUT2D eigenvalue weighted by molar-refractivity contribution is 5.37. The van der Waals surface area contributed by atoms with E-state index in [1.165, 1.54) is 12.1 Å². The van der Waals surface area contributed by atoms with E-state index < -0.39 is 22.4 Å². The normalized spacial score (nSPS) is 11.2. The molecule has 0 unspecified atom stereocenters. The van der Waals surface area contributed by atoms with Crippen molar-refractivity contribution in [3.05, 3.63) is 58.0 Å². The third-order valence-corrected chi connectivity index (χ3v) is 2.48. The number of hydrogen-bond acceptors (Lipinski definition) is 5.